The molecule has 12 nitrogen and oxygen atoms in total. The lowest BCUT2D eigenvalue weighted by Gasteiger charge is -2.39. The molecule has 1 fully saturated rings. The first-order valence-corrected chi connectivity index (χ1v) is 12.0. The molecule has 204 valence electrons. The highest BCUT2D eigenvalue weighted by Crippen LogP contribution is 2.58. The number of hydrogen-bond acceptors (Lipinski definition) is 10. The molecule has 1 aromatic carbocycles. The summed E-state index contributed by atoms with van der Waals surface area (Å²) in [5.41, 5.74) is -0.837. The molecule has 0 aromatic heterocycles. The third-order valence-corrected chi connectivity index (χ3v) is 7.08. The fourth-order valence-corrected chi connectivity index (χ4v) is 5.64. The number of esters is 3. The predicted molar refractivity (Wildman–Crippen MR) is 136 cm³/mol. The van der Waals surface area contributed by atoms with Gasteiger partial charge in [-0.1, -0.05) is 0 Å². The van der Waals surface area contributed by atoms with Gasteiger partial charge in [0.05, 0.1) is 45.5 Å². The second kappa shape index (κ2) is 9.34. The van der Waals surface area contributed by atoms with Crippen molar-refractivity contribution >= 4 is 35.5 Å². The highest BCUT2D eigenvalue weighted by atomic mass is 16.5. The van der Waals surface area contributed by atoms with Crippen LogP contribution in [0.1, 0.15) is 32.8 Å². The zero-order chi connectivity index (χ0) is 28.2. The van der Waals surface area contributed by atoms with Crippen molar-refractivity contribution < 1.29 is 38.1 Å². The average molecular weight is 529 g/mol. The van der Waals surface area contributed by atoms with Crippen LogP contribution in [0.15, 0.2) is 34.5 Å². The van der Waals surface area contributed by atoms with E-state index in [0.717, 1.165) is 0 Å². The molecule has 3 aliphatic heterocycles. The summed E-state index contributed by atoms with van der Waals surface area (Å²) in [5.74, 6) is -1.69. The Morgan fingerprint density at radius 3 is 2.24 bits per heavy atom. The lowest BCUT2D eigenvalue weighted by Crippen LogP contribution is -2.58. The minimum Gasteiger partial charge on any atom is -0.497 e. The molecule has 12 heteroatoms. The van der Waals surface area contributed by atoms with E-state index in [1.807, 2.05) is 11.0 Å². The van der Waals surface area contributed by atoms with Gasteiger partial charge in [0.15, 0.2) is 5.70 Å². The number of amidine groups is 1. The van der Waals surface area contributed by atoms with Crippen molar-refractivity contribution in [2.75, 3.05) is 40.4 Å². The van der Waals surface area contributed by atoms with Gasteiger partial charge in [-0.2, -0.15) is 0 Å². The monoisotopic (exact) mass is 528 g/mol. The number of rotatable bonds is 4. The fraction of sp³-hybridized carbons (Fsp3) is 0.500. The second-order valence-electron chi connectivity index (χ2n) is 10.3. The smallest absolute Gasteiger partial charge is 0.357 e. The third-order valence-electron chi connectivity index (χ3n) is 7.08. The van der Waals surface area contributed by atoms with Crippen molar-refractivity contribution in [3.63, 3.8) is 0 Å². The third kappa shape index (κ3) is 3.86. The van der Waals surface area contributed by atoms with Gasteiger partial charge in [0.1, 0.15) is 17.6 Å². The molecule has 3 heterocycles. The van der Waals surface area contributed by atoms with Crippen LogP contribution in [-0.4, -0.2) is 87.8 Å². The highest BCUT2D eigenvalue weighted by molar-refractivity contribution is 6.17. The molecule has 0 aliphatic carbocycles. The summed E-state index contributed by atoms with van der Waals surface area (Å²) in [6, 6.07) is 2.80. The Bertz CT molecular complexity index is 1280. The summed E-state index contributed by atoms with van der Waals surface area (Å²) in [6.07, 6.45) is 0.0280. The highest BCUT2D eigenvalue weighted by Gasteiger charge is 2.67. The van der Waals surface area contributed by atoms with E-state index in [-0.39, 0.29) is 23.5 Å². The number of urea groups is 1. The molecule has 0 unspecified atom stereocenters. The number of hydrogen-bond donors (Lipinski definition) is 1. The normalized spacial score (nSPS) is 23.6. The number of benzene rings is 1. The Kier molecular flexibility index (Phi) is 6.62. The Morgan fingerprint density at radius 1 is 1.03 bits per heavy atom. The summed E-state index contributed by atoms with van der Waals surface area (Å²) in [6.45, 7) is 5.40. The summed E-state index contributed by atoms with van der Waals surface area (Å²) in [5, 5.41) is 2.88. The van der Waals surface area contributed by atoms with E-state index in [1.165, 1.54) is 33.3 Å². The van der Waals surface area contributed by atoms with Crippen LogP contribution < -0.4 is 15.0 Å². The molecule has 1 saturated heterocycles. The standard InChI is InChI=1S/C26H32N4O8/c1-25(2,3)28-24(34)30-16(20(31)36-6)12-26-14-11-13(35-5)9-10-15(14)29(4)19(26)17(21(32)37-7)18(22(33)38-8)27-23(26)30/h9-11,16,19H,12H2,1-8H3,(H,28,34)/t16-,19-,26-/m0/s1. The number of ether oxygens (including phenoxy) is 4. The van der Waals surface area contributed by atoms with E-state index in [9.17, 15) is 19.2 Å². The molecule has 1 spiro atoms. The molecule has 0 saturated carbocycles. The number of methoxy groups -OCH3 is 4. The van der Waals surface area contributed by atoms with E-state index < -0.39 is 47.0 Å². The van der Waals surface area contributed by atoms with Gasteiger partial charge in [0.25, 0.3) is 0 Å². The van der Waals surface area contributed by atoms with Crippen LogP contribution in [0.25, 0.3) is 0 Å². The van der Waals surface area contributed by atoms with Crippen molar-refractivity contribution in [1.29, 1.82) is 0 Å². The van der Waals surface area contributed by atoms with E-state index in [4.69, 9.17) is 18.9 Å². The van der Waals surface area contributed by atoms with E-state index in [1.54, 1.807) is 40.0 Å². The van der Waals surface area contributed by atoms with Crippen molar-refractivity contribution in [1.82, 2.24) is 10.2 Å². The first kappa shape index (κ1) is 27.0. The summed E-state index contributed by atoms with van der Waals surface area (Å²) in [4.78, 5) is 60.7. The molecule has 0 bridgehead atoms. The number of anilines is 1. The maximum absolute atomic E-state index is 13.7. The number of amides is 2. The van der Waals surface area contributed by atoms with Crippen LogP contribution >= 0.6 is 0 Å². The maximum atomic E-state index is 13.7. The molecule has 3 aliphatic rings. The van der Waals surface area contributed by atoms with Crippen LogP contribution in [-0.2, 0) is 34.0 Å². The van der Waals surface area contributed by atoms with Crippen LogP contribution in [0.5, 0.6) is 5.75 Å². The van der Waals surface area contributed by atoms with Crippen LogP contribution in [0.2, 0.25) is 0 Å². The van der Waals surface area contributed by atoms with Crippen molar-refractivity contribution in [2.45, 2.75) is 50.2 Å². The minimum atomic E-state index is -1.21. The van der Waals surface area contributed by atoms with Gasteiger partial charge in [-0.3, -0.25) is 4.90 Å². The Hall–Kier alpha value is -4.09. The van der Waals surface area contributed by atoms with Crippen molar-refractivity contribution in [3.05, 3.63) is 35.0 Å². The number of aliphatic imine (C=N–C) groups is 1. The number of nitrogens with zero attached hydrogens (tertiary/aromatic N) is 3. The Morgan fingerprint density at radius 2 is 1.68 bits per heavy atom. The quantitative estimate of drug-likeness (QED) is 0.456. The molecule has 3 atom stereocenters. The molecular weight excluding hydrogens is 496 g/mol. The number of carbonyl (C=O) groups excluding carboxylic acids is 4. The molecular formula is C26H32N4O8. The van der Waals surface area contributed by atoms with E-state index in [0.29, 0.717) is 17.0 Å². The van der Waals surface area contributed by atoms with E-state index >= 15 is 0 Å². The average Bonchev–Trinajstić information content (AvgIpc) is 3.36. The second-order valence-corrected chi connectivity index (χ2v) is 10.3. The number of fused-ring (bicyclic) bond motifs is 1. The lowest BCUT2D eigenvalue weighted by atomic mass is 9.69. The van der Waals surface area contributed by atoms with E-state index in [2.05, 4.69) is 10.3 Å². The Labute approximate surface area is 220 Å². The first-order valence-electron chi connectivity index (χ1n) is 12.0. The van der Waals surface area contributed by atoms with Gasteiger partial charge in [-0.15, -0.1) is 0 Å². The topological polar surface area (TPSA) is 136 Å². The predicted octanol–water partition coefficient (Wildman–Crippen LogP) is 1.52. The fourth-order valence-electron chi connectivity index (χ4n) is 5.64. The zero-order valence-electron chi connectivity index (χ0n) is 22.7. The van der Waals surface area contributed by atoms with Gasteiger partial charge in [0, 0.05) is 18.3 Å². The summed E-state index contributed by atoms with van der Waals surface area (Å²) >= 11 is 0. The van der Waals surface area contributed by atoms with Crippen LogP contribution in [0, 0.1) is 0 Å². The molecule has 1 aromatic rings. The number of likely N-dealkylation sites (N-methyl/N-ethyl adjacent to an activating group) is 1. The Balaban J connectivity index is 2.10. The molecule has 4 rings (SSSR count). The largest absolute Gasteiger partial charge is 0.497 e. The van der Waals surface area contributed by atoms with Gasteiger partial charge in [-0.05, 0) is 51.0 Å². The van der Waals surface area contributed by atoms with Gasteiger partial charge < -0.3 is 29.2 Å². The van der Waals surface area contributed by atoms with Crippen LogP contribution in [0.3, 0.4) is 0 Å². The van der Waals surface area contributed by atoms with Gasteiger partial charge in [-0.25, -0.2) is 24.2 Å². The number of carbonyl (C=O) groups is 4. The molecule has 0 radical (unpaired) electrons. The molecule has 38 heavy (non-hydrogen) atoms. The molecule has 2 amide bonds. The van der Waals surface area contributed by atoms with Crippen LogP contribution in [0.4, 0.5) is 10.5 Å². The lowest BCUT2D eigenvalue weighted by molar-refractivity contribution is -0.144. The minimum absolute atomic E-state index is 0.0280. The maximum Gasteiger partial charge on any atom is 0.357 e. The molecule has 1 N–H and O–H groups in total. The van der Waals surface area contributed by atoms with Gasteiger partial charge in [0.2, 0.25) is 0 Å². The summed E-state index contributed by atoms with van der Waals surface area (Å²) < 4.78 is 20.6. The zero-order valence-corrected chi connectivity index (χ0v) is 22.7. The number of likely N-dealkylation sites (tertiary alicyclic amines) is 1. The van der Waals surface area contributed by atoms with Crippen molar-refractivity contribution in [2.24, 2.45) is 4.99 Å². The first-order chi connectivity index (χ1) is 17.9. The SMILES string of the molecule is COC(=O)C1=C(C(=O)OC)[C@@H]2N(C)c3ccc(OC)cc3[C@@]23C[C@@H](C(=O)OC)N(C(=O)NC(C)(C)C)C3=N1. The summed E-state index contributed by atoms with van der Waals surface area (Å²) in [7, 11) is 6.89. The number of nitrogens with one attached hydrogen (secondary N) is 1. The van der Waals surface area contributed by atoms with Gasteiger partial charge >= 0.3 is 23.9 Å². The van der Waals surface area contributed by atoms with Crippen molar-refractivity contribution in [3.8, 4) is 5.75 Å².